The Kier molecular flexibility index (Phi) is 5.14. The Morgan fingerprint density at radius 2 is 1.77 bits per heavy atom. The number of anilines is 1. The number of carbonyl (C=O) groups is 2. The van der Waals surface area contributed by atoms with E-state index in [1.54, 1.807) is 18.1 Å². The Balaban J connectivity index is 1.74. The Hall–Kier alpha value is -2.99. The fourth-order valence-electron chi connectivity index (χ4n) is 2.81. The molecule has 1 saturated heterocycles. The van der Waals surface area contributed by atoms with Crippen molar-refractivity contribution in [2.24, 2.45) is 4.99 Å². The van der Waals surface area contributed by atoms with Crippen molar-refractivity contribution < 1.29 is 14.3 Å². The van der Waals surface area contributed by atoms with Crippen molar-refractivity contribution in [3.63, 3.8) is 0 Å². The molecule has 0 bridgehead atoms. The van der Waals surface area contributed by atoms with Gasteiger partial charge in [0.15, 0.2) is 6.61 Å². The molecule has 2 amide bonds. The van der Waals surface area contributed by atoms with Gasteiger partial charge in [-0.25, -0.2) is 15.0 Å². The number of carbonyl (C=O) groups excluding carboxylic acids is 2. The number of benzene rings is 2. The maximum Gasteiger partial charge on any atom is 0.289 e. The van der Waals surface area contributed by atoms with Crippen molar-refractivity contribution >= 4 is 23.2 Å². The van der Waals surface area contributed by atoms with Gasteiger partial charge in [-0.05, 0) is 37.6 Å². The second-order valence-corrected chi connectivity index (χ2v) is 6.15. The zero-order valence-corrected chi connectivity index (χ0v) is 15.0. The molecule has 0 radical (unpaired) electrons. The molecule has 0 saturated carbocycles. The van der Waals surface area contributed by atoms with Crippen LogP contribution >= 0.6 is 0 Å². The van der Waals surface area contributed by atoms with Gasteiger partial charge in [-0.15, -0.1) is 0 Å². The third-order valence-corrected chi connectivity index (χ3v) is 4.37. The van der Waals surface area contributed by atoms with Crippen LogP contribution in [0.3, 0.4) is 0 Å². The van der Waals surface area contributed by atoms with Gasteiger partial charge in [0, 0.05) is 7.05 Å². The molecular weight excluding hydrogens is 330 g/mol. The van der Waals surface area contributed by atoms with Crippen molar-refractivity contribution in [2.75, 3.05) is 18.7 Å². The van der Waals surface area contributed by atoms with Gasteiger partial charge < -0.3 is 4.74 Å². The number of hydrazine groups is 1. The third-order valence-electron chi connectivity index (χ3n) is 4.37. The molecule has 1 fully saturated rings. The molecule has 2 aromatic carbocycles. The summed E-state index contributed by atoms with van der Waals surface area (Å²) < 4.78 is 5.52. The topological polar surface area (TPSA) is 62.2 Å². The van der Waals surface area contributed by atoms with E-state index in [2.05, 4.69) is 4.99 Å². The van der Waals surface area contributed by atoms with Crippen LogP contribution in [0.25, 0.3) is 0 Å². The standard InChI is InChI=1S/C20H21N3O3/c1-14-9-7-8-12-17(14)26-13-18(24)21-19-15(2)22(3)23(20(19)25)16-10-5-4-6-11-16/h4-12,15H,13H2,1-3H3. The van der Waals surface area contributed by atoms with Crippen molar-refractivity contribution in [2.45, 2.75) is 19.9 Å². The summed E-state index contributed by atoms with van der Waals surface area (Å²) in [5, 5.41) is 3.30. The maximum atomic E-state index is 12.8. The first-order valence-corrected chi connectivity index (χ1v) is 8.41. The monoisotopic (exact) mass is 351 g/mol. The minimum Gasteiger partial charge on any atom is -0.483 e. The Labute approximate surface area is 152 Å². The molecule has 1 aliphatic heterocycles. The van der Waals surface area contributed by atoms with Crippen LogP contribution in [0, 0.1) is 6.92 Å². The van der Waals surface area contributed by atoms with E-state index in [9.17, 15) is 9.59 Å². The van der Waals surface area contributed by atoms with E-state index in [-0.39, 0.29) is 24.3 Å². The quantitative estimate of drug-likeness (QED) is 0.849. The first-order chi connectivity index (χ1) is 12.5. The molecule has 1 aliphatic rings. The summed E-state index contributed by atoms with van der Waals surface area (Å²) in [6.45, 7) is 3.54. The van der Waals surface area contributed by atoms with E-state index in [0.717, 1.165) is 11.3 Å². The highest BCUT2D eigenvalue weighted by Gasteiger charge is 2.40. The third kappa shape index (κ3) is 3.50. The van der Waals surface area contributed by atoms with Crippen molar-refractivity contribution in [3.8, 4) is 5.75 Å². The Bertz CT molecular complexity index is 848. The highest BCUT2D eigenvalue weighted by Crippen LogP contribution is 2.24. The average molecular weight is 351 g/mol. The smallest absolute Gasteiger partial charge is 0.289 e. The number of hydrogen-bond acceptors (Lipinski definition) is 4. The SMILES string of the molecule is Cc1ccccc1OCC(=O)N=C1C(=O)N(c2ccccc2)N(C)C1C. The highest BCUT2D eigenvalue weighted by atomic mass is 16.5. The molecule has 1 heterocycles. The lowest BCUT2D eigenvalue weighted by atomic mass is 10.2. The molecule has 0 aliphatic carbocycles. The summed E-state index contributed by atoms with van der Waals surface area (Å²) in [5.74, 6) is -0.142. The highest BCUT2D eigenvalue weighted by molar-refractivity contribution is 6.48. The zero-order chi connectivity index (χ0) is 18.7. The number of para-hydroxylation sites is 2. The number of nitrogens with zero attached hydrogens (tertiary/aromatic N) is 3. The average Bonchev–Trinajstić information content (AvgIpc) is 2.85. The molecule has 1 atom stereocenters. The van der Waals surface area contributed by atoms with E-state index in [1.807, 2.05) is 62.4 Å². The summed E-state index contributed by atoms with van der Waals surface area (Å²) in [5.41, 5.74) is 1.89. The molecule has 3 rings (SSSR count). The van der Waals surface area contributed by atoms with Gasteiger partial charge in [0.1, 0.15) is 11.5 Å². The van der Waals surface area contributed by atoms with Crippen molar-refractivity contribution in [3.05, 3.63) is 60.2 Å². The Morgan fingerprint density at radius 3 is 2.46 bits per heavy atom. The lowest BCUT2D eigenvalue weighted by molar-refractivity contribution is -0.120. The minimum absolute atomic E-state index is 0.205. The number of rotatable bonds is 4. The summed E-state index contributed by atoms with van der Waals surface area (Å²) in [6.07, 6.45) is 0. The van der Waals surface area contributed by atoms with Crippen LogP contribution in [0.1, 0.15) is 12.5 Å². The fraction of sp³-hybridized carbons (Fsp3) is 0.250. The van der Waals surface area contributed by atoms with Gasteiger partial charge in [0.2, 0.25) is 0 Å². The molecule has 0 spiro atoms. The lowest BCUT2D eigenvalue weighted by Gasteiger charge is -2.25. The van der Waals surface area contributed by atoms with E-state index in [0.29, 0.717) is 5.75 Å². The van der Waals surface area contributed by atoms with Gasteiger partial charge in [0.05, 0.1) is 11.7 Å². The van der Waals surface area contributed by atoms with E-state index in [1.165, 1.54) is 5.01 Å². The number of amides is 2. The normalized spacial score (nSPS) is 19.2. The van der Waals surface area contributed by atoms with Gasteiger partial charge in [0.25, 0.3) is 11.8 Å². The molecule has 6 heteroatoms. The van der Waals surface area contributed by atoms with Crippen LogP contribution < -0.4 is 9.75 Å². The van der Waals surface area contributed by atoms with E-state index < -0.39 is 5.91 Å². The van der Waals surface area contributed by atoms with Crippen LogP contribution in [0.2, 0.25) is 0 Å². The molecule has 1 unspecified atom stereocenters. The second kappa shape index (κ2) is 7.49. The van der Waals surface area contributed by atoms with Crippen LogP contribution in [0.15, 0.2) is 59.6 Å². The van der Waals surface area contributed by atoms with E-state index >= 15 is 0 Å². The predicted molar refractivity (Wildman–Crippen MR) is 100 cm³/mol. The summed E-state index contributed by atoms with van der Waals surface area (Å²) >= 11 is 0. The summed E-state index contributed by atoms with van der Waals surface area (Å²) in [4.78, 5) is 29.0. The molecule has 0 N–H and O–H groups in total. The van der Waals surface area contributed by atoms with Gasteiger partial charge in [-0.2, -0.15) is 0 Å². The maximum absolute atomic E-state index is 12.8. The van der Waals surface area contributed by atoms with Gasteiger partial charge >= 0.3 is 0 Å². The van der Waals surface area contributed by atoms with Crippen molar-refractivity contribution in [1.29, 1.82) is 0 Å². The number of ether oxygens (including phenoxy) is 1. The minimum atomic E-state index is -0.480. The molecule has 0 aromatic heterocycles. The van der Waals surface area contributed by atoms with Crippen LogP contribution in [0.5, 0.6) is 5.75 Å². The summed E-state index contributed by atoms with van der Waals surface area (Å²) in [7, 11) is 1.80. The van der Waals surface area contributed by atoms with Crippen LogP contribution in [0.4, 0.5) is 5.69 Å². The molecule has 26 heavy (non-hydrogen) atoms. The number of aryl methyl sites for hydroxylation is 1. The first-order valence-electron chi connectivity index (χ1n) is 8.41. The second-order valence-electron chi connectivity index (χ2n) is 6.15. The van der Waals surface area contributed by atoms with E-state index in [4.69, 9.17) is 4.74 Å². The van der Waals surface area contributed by atoms with Crippen LogP contribution in [-0.4, -0.2) is 42.2 Å². The Morgan fingerprint density at radius 1 is 1.12 bits per heavy atom. The molecule has 2 aromatic rings. The van der Waals surface area contributed by atoms with Crippen molar-refractivity contribution in [1.82, 2.24) is 5.01 Å². The first kappa shape index (κ1) is 17.8. The lowest BCUT2D eigenvalue weighted by Crippen LogP contribution is -2.38. The molecular formula is C20H21N3O3. The zero-order valence-electron chi connectivity index (χ0n) is 15.0. The molecule has 134 valence electrons. The molecule has 6 nitrogen and oxygen atoms in total. The predicted octanol–water partition coefficient (Wildman–Crippen LogP) is 2.62. The number of hydrogen-bond donors (Lipinski definition) is 0. The van der Waals surface area contributed by atoms with Gasteiger partial charge in [-0.1, -0.05) is 36.4 Å². The van der Waals surface area contributed by atoms with Crippen LogP contribution in [-0.2, 0) is 9.59 Å². The number of aliphatic imine (C=N–C) groups is 1. The largest absolute Gasteiger partial charge is 0.483 e. The van der Waals surface area contributed by atoms with Gasteiger partial charge in [-0.3, -0.25) is 9.59 Å². The summed E-state index contributed by atoms with van der Waals surface area (Å²) in [6, 6.07) is 16.4. The fourth-order valence-corrected chi connectivity index (χ4v) is 2.81.